The summed E-state index contributed by atoms with van der Waals surface area (Å²) in [6.07, 6.45) is 2.26. The Kier molecular flexibility index (Phi) is 3.93. The lowest BCUT2D eigenvalue weighted by Crippen LogP contribution is -2.12. The average Bonchev–Trinajstić information content (AvgIpc) is 2.49. The van der Waals surface area contributed by atoms with E-state index in [1.165, 1.54) is 6.07 Å². The van der Waals surface area contributed by atoms with Crippen molar-refractivity contribution >= 4 is 17.4 Å². The van der Waals surface area contributed by atoms with Gasteiger partial charge in [0.25, 0.3) is 0 Å². The number of rotatable bonds is 3. The molecule has 0 atom stereocenters. The SMILES string of the molecule is O=C1CCCc2c(OCc3cccc(F)c3Cl)cccc21. The molecule has 0 spiro atoms. The van der Waals surface area contributed by atoms with Gasteiger partial charge in [0.1, 0.15) is 18.2 Å². The molecule has 0 saturated carbocycles. The van der Waals surface area contributed by atoms with Gasteiger partial charge in [-0.1, -0.05) is 35.9 Å². The highest BCUT2D eigenvalue weighted by Gasteiger charge is 2.20. The molecule has 0 fully saturated rings. The number of carbonyl (C=O) groups is 1. The fraction of sp³-hybridized carbons (Fsp3) is 0.235. The summed E-state index contributed by atoms with van der Waals surface area (Å²) in [5.74, 6) is 0.384. The quantitative estimate of drug-likeness (QED) is 0.830. The molecule has 0 aliphatic heterocycles. The summed E-state index contributed by atoms with van der Waals surface area (Å²) in [7, 11) is 0. The van der Waals surface area contributed by atoms with E-state index in [9.17, 15) is 9.18 Å². The molecule has 0 aromatic heterocycles. The number of Topliss-reactive ketones (excluding diaryl/α,β-unsaturated/α-hetero) is 1. The first-order valence-electron chi connectivity index (χ1n) is 6.87. The lowest BCUT2D eigenvalue weighted by Gasteiger charge is -2.18. The third kappa shape index (κ3) is 2.79. The lowest BCUT2D eigenvalue weighted by atomic mass is 9.90. The summed E-state index contributed by atoms with van der Waals surface area (Å²) in [5.41, 5.74) is 2.28. The van der Waals surface area contributed by atoms with Crippen molar-refractivity contribution in [2.45, 2.75) is 25.9 Å². The zero-order valence-electron chi connectivity index (χ0n) is 11.4. The summed E-state index contributed by atoms with van der Waals surface area (Å²) in [6, 6.07) is 10.1. The van der Waals surface area contributed by atoms with Gasteiger partial charge in [0.15, 0.2) is 5.78 Å². The average molecular weight is 305 g/mol. The second-order valence-electron chi connectivity index (χ2n) is 5.06. The van der Waals surface area contributed by atoms with Gasteiger partial charge in [-0.3, -0.25) is 4.79 Å². The first-order valence-corrected chi connectivity index (χ1v) is 7.25. The van der Waals surface area contributed by atoms with Crippen LogP contribution in [0.1, 0.15) is 34.3 Å². The van der Waals surface area contributed by atoms with Gasteiger partial charge in [-0.15, -0.1) is 0 Å². The van der Waals surface area contributed by atoms with E-state index in [2.05, 4.69) is 0 Å². The first-order chi connectivity index (χ1) is 10.2. The topological polar surface area (TPSA) is 26.3 Å². The van der Waals surface area contributed by atoms with Crippen molar-refractivity contribution in [3.8, 4) is 5.75 Å². The van der Waals surface area contributed by atoms with Crippen LogP contribution in [0.4, 0.5) is 4.39 Å². The Morgan fingerprint density at radius 2 is 1.95 bits per heavy atom. The molecule has 0 radical (unpaired) electrons. The van der Waals surface area contributed by atoms with E-state index in [0.29, 0.717) is 17.7 Å². The van der Waals surface area contributed by atoms with Crippen molar-refractivity contribution in [2.24, 2.45) is 0 Å². The van der Waals surface area contributed by atoms with Crippen LogP contribution in [0, 0.1) is 5.82 Å². The highest BCUT2D eigenvalue weighted by molar-refractivity contribution is 6.31. The van der Waals surface area contributed by atoms with E-state index in [4.69, 9.17) is 16.3 Å². The van der Waals surface area contributed by atoms with Crippen molar-refractivity contribution in [1.29, 1.82) is 0 Å². The van der Waals surface area contributed by atoms with Crippen LogP contribution in [-0.4, -0.2) is 5.78 Å². The van der Waals surface area contributed by atoms with Crippen LogP contribution in [0.5, 0.6) is 5.75 Å². The monoisotopic (exact) mass is 304 g/mol. The Morgan fingerprint density at radius 3 is 2.81 bits per heavy atom. The number of ether oxygens (including phenoxy) is 1. The van der Waals surface area contributed by atoms with Gasteiger partial charge < -0.3 is 4.74 Å². The summed E-state index contributed by atoms with van der Waals surface area (Å²) in [5, 5.41) is 0.0818. The molecule has 0 N–H and O–H groups in total. The normalized spacial score (nSPS) is 13.9. The molecule has 0 unspecified atom stereocenters. The van der Waals surface area contributed by atoms with Crippen LogP contribution in [-0.2, 0) is 13.0 Å². The smallest absolute Gasteiger partial charge is 0.163 e. The number of halogens is 2. The number of carbonyl (C=O) groups excluding carboxylic acids is 1. The minimum absolute atomic E-state index is 0.0818. The molecule has 2 aromatic rings. The Morgan fingerprint density at radius 1 is 1.14 bits per heavy atom. The van der Waals surface area contributed by atoms with E-state index in [-0.39, 0.29) is 17.4 Å². The van der Waals surface area contributed by atoms with E-state index in [1.807, 2.05) is 18.2 Å². The first kappa shape index (κ1) is 14.1. The second-order valence-corrected chi connectivity index (χ2v) is 5.44. The number of hydrogen-bond acceptors (Lipinski definition) is 2. The van der Waals surface area contributed by atoms with E-state index >= 15 is 0 Å². The Labute approximate surface area is 127 Å². The standard InChI is InChI=1S/C17H14ClFO2/c18-17-11(4-1-7-14(17)19)10-21-16-9-3-5-12-13(16)6-2-8-15(12)20/h1,3-5,7,9H,2,6,8,10H2. The maximum absolute atomic E-state index is 13.4. The molecule has 0 heterocycles. The molecular formula is C17H14ClFO2. The van der Waals surface area contributed by atoms with Gasteiger partial charge >= 0.3 is 0 Å². The fourth-order valence-corrected chi connectivity index (χ4v) is 2.78. The molecule has 1 aliphatic carbocycles. The summed E-state index contributed by atoms with van der Waals surface area (Å²) in [4.78, 5) is 11.9. The molecule has 2 nitrogen and oxygen atoms in total. The van der Waals surface area contributed by atoms with Gasteiger partial charge in [0.05, 0.1) is 5.02 Å². The summed E-state index contributed by atoms with van der Waals surface area (Å²) in [6.45, 7) is 0.182. The Hall–Kier alpha value is -1.87. The maximum Gasteiger partial charge on any atom is 0.163 e. The van der Waals surface area contributed by atoms with E-state index in [1.54, 1.807) is 12.1 Å². The molecule has 4 heteroatoms. The zero-order valence-corrected chi connectivity index (χ0v) is 12.1. The third-order valence-corrected chi connectivity index (χ3v) is 4.10. The van der Waals surface area contributed by atoms with E-state index < -0.39 is 5.82 Å². The van der Waals surface area contributed by atoms with Crippen LogP contribution in [0.2, 0.25) is 5.02 Å². The van der Waals surface area contributed by atoms with Gasteiger partial charge in [0, 0.05) is 23.1 Å². The lowest BCUT2D eigenvalue weighted by molar-refractivity contribution is 0.0971. The van der Waals surface area contributed by atoms with Crippen molar-refractivity contribution in [3.63, 3.8) is 0 Å². The van der Waals surface area contributed by atoms with Gasteiger partial charge in [-0.25, -0.2) is 4.39 Å². The molecule has 0 amide bonds. The van der Waals surface area contributed by atoms with Crippen molar-refractivity contribution < 1.29 is 13.9 Å². The molecule has 0 saturated heterocycles. The number of benzene rings is 2. The van der Waals surface area contributed by atoms with Gasteiger partial charge in [-0.05, 0) is 25.0 Å². The minimum atomic E-state index is -0.456. The summed E-state index contributed by atoms with van der Waals surface area (Å²) >= 11 is 5.92. The summed E-state index contributed by atoms with van der Waals surface area (Å²) < 4.78 is 19.2. The highest BCUT2D eigenvalue weighted by Crippen LogP contribution is 2.30. The van der Waals surface area contributed by atoms with Crippen LogP contribution >= 0.6 is 11.6 Å². The van der Waals surface area contributed by atoms with Crippen molar-refractivity contribution in [3.05, 3.63) is 63.9 Å². The molecule has 108 valence electrons. The fourth-order valence-electron chi connectivity index (χ4n) is 2.60. The number of fused-ring (bicyclic) bond motifs is 1. The molecule has 2 aromatic carbocycles. The molecular weight excluding hydrogens is 291 g/mol. The number of ketones is 1. The Balaban J connectivity index is 1.84. The van der Waals surface area contributed by atoms with Crippen molar-refractivity contribution in [1.82, 2.24) is 0 Å². The molecule has 3 rings (SSSR count). The van der Waals surface area contributed by atoms with Gasteiger partial charge in [-0.2, -0.15) is 0 Å². The maximum atomic E-state index is 13.4. The molecule has 21 heavy (non-hydrogen) atoms. The highest BCUT2D eigenvalue weighted by atomic mass is 35.5. The molecule has 1 aliphatic rings. The second kappa shape index (κ2) is 5.86. The van der Waals surface area contributed by atoms with Crippen LogP contribution < -0.4 is 4.74 Å². The van der Waals surface area contributed by atoms with Crippen LogP contribution in [0.3, 0.4) is 0 Å². The van der Waals surface area contributed by atoms with E-state index in [0.717, 1.165) is 24.0 Å². The Bertz CT molecular complexity index is 697. The predicted octanol–water partition coefficient (Wildman–Crippen LogP) is 4.58. The van der Waals surface area contributed by atoms with Crippen LogP contribution in [0.25, 0.3) is 0 Å². The third-order valence-electron chi connectivity index (χ3n) is 3.68. The number of hydrogen-bond donors (Lipinski definition) is 0. The largest absolute Gasteiger partial charge is 0.489 e. The van der Waals surface area contributed by atoms with Crippen molar-refractivity contribution in [2.75, 3.05) is 0 Å². The zero-order chi connectivity index (χ0) is 14.8. The van der Waals surface area contributed by atoms with Gasteiger partial charge in [0.2, 0.25) is 0 Å². The molecule has 0 bridgehead atoms. The minimum Gasteiger partial charge on any atom is -0.489 e. The van der Waals surface area contributed by atoms with Crippen LogP contribution in [0.15, 0.2) is 36.4 Å². The predicted molar refractivity (Wildman–Crippen MR) is 79.5 cm³/mol.